The molecule has 0 heterocycles. The fourth-order valence-corrected chi connectivity index (χ4v) is 1.82. The molecule has 0 saturated carbocycles. The van der Waals surface area contributed by atoms with Crippen molar-refractivity contribution in [1.29, 1.82) is 0 Å². The molecule has 0 amide bonds. The number of rotatable bonds is 6. The third kappa shape index (κ3) is 4.95. The van der Waals surface area contributed by atoms with Crippen LogP contribution >= 0.6 is 11.8 Å². The Balaban J connectivity index is 2.64. The maximum Gasteiger partial charge on any atom is 0.328 e. The normalized spacial score (nSPS) is 10.7. The Kier molecular flexibility index (Phi) is 5.63. The number of hydrogen-bond acceptors (Lipinski definition) is 3. The molecule has 0 aliphatic carbocycles. The number of thioether (sulfide) groups is 1. The SMILES string of the molecule is CSCCN(C)c1ccc(/C=C/C(=O)O)cc1. The van der Waals surface area contributed by atoms with Gasteiger partial charge < -0.3 is 10.0 Å². The van der Waals surface area contributed by atoms with E-state index in [-0.39, 0.29) is 0 Å². The van der Waals surface area contributed by atoms with E-state index in [1.54, 1.807) is 6.08 Å². The van der Waals surface area contributed by atoms with E-state index < -0.39 is 5.97 Å². The fourth-order valence-electron chi connectivity index (χ4n) is 1.36. The highest BCUT2D eigenvalue weighted by molar-refractivity contribution is 7.98. The summed E-state index contributed by atoms with van der Waals surface area (Å²) in [5.41, 5.74) is 2.04. The molecule has 0 aromatic heterocycles. The van der Waals surface area contributed by atoms with E-state index in [1.165, 1.54) is 0 Å². The summed E-state index contributed by atoms with van der Waals surface area (Å²) in [6.45, 7) is 1.01. The van der Waals surface area contributed by atoms with Gasteiger partial charge >= 0.3 is 5.97 Å². The van der Waals surface area contributed by atoms with Crippen LogP contribution in [0.3, 0.4) is 0 Å². The van der Waals surface area contributed by atoms with Gasteiger partial charge in [0.15, 0.2) is 0 Å². The van der Waals surface area contributed by atoms with Gasteiger partial charge in [-0.1, -0.05) is 12.1 Å². The van der Waals surface area contributed by atoms with Crippen LogP contribution in [0.15, 0.2) is 30.3 Å². The maximum atomic E-state index is 10.4. The van der Waals surface area contributed by atoms with Crippen molar-refractivity contribution in [3.8, 4) is 0 Å². The first kappa shape index (κ1) is 13.6. The Morgan fingerprint density at radius 3 is 2.59 bits per heavy atom. The van der Waals surface area contributed by atoms with E-state index in [1.807, 2.05) is 36.0 Å². The molecule has 0 atom stereocenters. The molecule has 0 radical (unpaired) electrons. The van der Waals surface area contributed by atoms with Crippen molar-refractivity contribution in [2.24, 2.45) is 0 Å². The molecular weight excluding hydrogens is 234 g/mol. The second-order valence-electron chi connectivity index (χ2n) is 3.68. The Bertz CT molecular complexity index is 387. The lowest BCUT2D eigenvalue weighted by atomic mass is 10.2. The van der Waals surface area contributed by atoms with E-state index in [9.17, 15) is 4.79 Å². The number of carboxylic acid groups (broad SMARTS) is 1. The van der Waals surface area contributed by atoms with Crippen molar-refractivity contribution in [3.05, 3.63) is 35.9 Å². The van der Waals surface area contributed by atoms with Gasteiger partial charge in [0.2, 0.25) is 0 Å². The van der Waals surface area contributed by atoms with Gasteiger partial charge in [0.1, 0.15) is 0 Å². The van der Waals surface area contributed by atoms with Gasteiger partial charge in [0.05, 0.1) is 0 Å². The summed E-state index contributed by atoms with van der Waals surface area (Å²) < 4.78 is 0. The van der Waals surface area contributed by atoms with Gasteiger partial charge in [0, 0.05) is 31.1 Å². The van der Waals surface area contributed by atoms with E-state index in [0.717, 1.165) is 29.6 Å². The number of hydrogen-bond donors (Lipinski definition) is 1. The van der Waals surface area contributed by atoms with Crippen LogP contribution in [-0.4, -0.2) is 36.7 Å². The summed E-state index contributed by atoms with van der Waals surface area (Å²) in [7, 11) is 2.05. The molecular formula is C13H17NO2S. The number of nitrogens with zero attached hydrogens (tertiary/aromatic N) is 1. The smallest absolute Gasteiger partial charge is 0.328 e. The summed E-state index contributed by atoms with van der Waals surface area (Å²) in [6.07, 6.45) is 4.83. The molecule has 1 aromatic carbocycles. The van der Waals surface area contributed by atoms with Crippen LogP contribution in [0.2, 0.25) is 0 Å². The summed E-state index contributed by atoms with van der Waals surface area (Å²) in [5, 5.41) is 8.52. The van der Waals surface area contributed by atoms with E-state index in [4.69, 9.17) is 5.11 Å². The van der Waals surface area contributed by atoms with E-state index in [0.29, 0.717) is 0 Å². The van der Waals surface area contributed by atoms with E-state index >= 15 is 0 Å². The summed E-state index contributed by atoms with van der Waals surface area (Å²) in [4.78, 5) is 12.6. The van der Waals surface area contributed by atoms with Gasteiger partial charge in [-0.05, 0) is 30.0 Å². The second kappa shape index (κ2) is 7.01. The van der Waals surface area contributed by atoms with E-state index in [2.05, 4.69) is 18.2 Å². The quantitative estimate of drug-likeness (QED) is 0.789. The molecule has 0 bridgehead atoms. The molecule has 1 N–H and O–H groups in total. The average molecular weight is 251 g/mol. The highest BCUT2D eigenvalue weighted by Crippen LogP contribution is 2.15. The number of anilines is 1. The topological polar surface area (TPSA) is 40.5 Å². The number of aliphatic carboxylic acids is 1. The third-order valence-electron chi connectivity index (χ3n) is 2.38. The molecule has 3 nitrogen and oxygen atoms in total. The predicted molar refractivity (Wildman–Crippen MR) is 74.8 cm³/mol. The van der Waals surface area contributed by atoms with Crippen LogP contribution in [0, 0.1) is 0 Å². The van der Waals surface area contributed by atoms with Gasteiger partial charge in [-0.2, -0.15) is 11.8 Å². The zero-order valence-electron chi connectivity index (χ0n) is 10.1. The second-order valence-corrected chi connectivity index (χ2v) is 4.66. The van der Waals surface area contributed by atoms with Crippen molar-refractivity contribution in [2.45, 2.75) is 0 Å². The monoisotopic (exact) mass is 251 g/mol. The van der Waals surface area contributed by atoms with Crippen LogP contribution in [0.5, 0.6) is 0 Å². The molecule has 0 spiro atoms. The third-order valence-corrected chi connectivity index (χ3v) is 2.97. The lowest BCUT2D eigenvalue weighted by Gasteiger charge is -2.18. The van der Waals surface area contributed by atoms with Gasteiger partial charge in [-0.25, -0.2) is 4.79 Å². The summed E-state index contributed by atoms with van der Waals surface area (Å²) in [5.74, 6) is 0.170. The van der Waals surface area contributed by atoms with Crippen molar-refractivity contribution >= 4 is 29.5 Å². The highest BCUT2D eigenvalue weighted by Gasteiger charge is 1.99. The molecule has 0 saturated heterocycles. The molecule has 17 heavy (non-hydrogen) atoms. The number of carboxylic acids is 1. The molecule has 1 rings (SSSR count). The van der Waals surface area contributed by atoms with Gasteiger partial charge in [-0.15, -0.1) is 0 Å². The molecule has 0 aliphatic heterocycles. The molecule has 0 unspecified atom stereocenters. The Morgan fingerprint density at radius 2 is 2.06 bits per heavy atom. The minimum atomic E-state index is -0.925. The van der Waals surface area contributed by atoms with Crippen LogP contribution < -0.4 is 4.90 Å². The molecule has 1 aromatic rings. The van der Waals surface area contributed by atoms with Gasteiger partial charge in [-0.3, -0.25) is 0 Å². The zero-order valence-corrected chi connectivity index (χ0v) is 10.9. The summed E-state index contributed by atoms with van der Waals surface area (Å²) >= 11 is 1.82. The van der Waals surface area contributed by atoms with Gasteiger partial charge in [0.25, 0.3) is 0 Å². The Labute approximate surface area is 106 Å². The summed E-state index contributed by atoms with van der Waals surface area (Å²) in [6, 6.07) is 7.85. The number of benzene rings is 1. The minimum Gasteiger partial charge on any atom is -0.478 e. The van der Waals surface area contributed by atoms with Crippen molar-refractivity contribution in [1.82, 2.24) is 0 Å². The molecule has 4 heteroatoms. The lowest BCUT2D eigenvalue weighted by molar-refractivity contribution is -0.131. The van der Waals surface area contributed by atoms with Crippen molar-refractivity contribution in [2.75, 3.05) is 30.5 Å². The number of carbonyl (C=O) groups is 1. The maximum absolute atomic E-state index is 10.4. The first-order valence-corrected chi connectivity index (χ1v) is 6.74. The molecule has 0 aliphatic rings. The standard InChI is InChI=1S/C13H17NO2S/c1-14(9-10-17-2)12-6-3-11(4-7-12)5-8-13(15)16/h3-8H,9-10H2,1-2H3,(H,15,16)/b8-5+. The zero-order chi connectivity index (χ0) is 12.7. The van der Waals surface area contributed by atoms with Crippen LogP contribution in [0.4, 0.5) is 5.69 Å². The molecule has 0 fully saturated rings. The highest BCUT2D eigenvalue weighted by atomic mass is 32.2. The van der Waals surface area contributed by atoms with Crippen molar-refractivity contribution < 1.29 is 9.90 Å². The average Bonchev–Trinajstić information content (AvgIpc) is 2.34. The first-order valence-electron chi connectivity index (χ1n) is 5.34. The largest absolute Gasteiger partial charge is 0.478 e. The minimum absolute atomic E-state index is 0.898. The van der Waals surface area contributed by atoms with Crippen molar-refractivity contribution in [3.63, 3.8) is 0 Å². The Morgan fingerprint density at radius 1 is 1.41 bits per heavy atom. The van der Waals surface area contributed by atoms with Crippen LogP contribution in [-0.2, 0) is 4.79 Å². The Hall–Kier alpha value is -1.42. The predicted octanol–water partition coefficient (Wildman–Crippen LogP) is 2.58. The fraction of sp³-hybridized carbons (Fsp3) is 0.308. The van der Waals surface area contributed by atoms with Crippen LogP contribution in [0.25, 0.3) is 6.08 Å². The van der Waals surface area contributed by atoms with Crippen LogP contribution in [0.1, 0.15) is 5.56 Å². The lowest BCUT2D eigenvalue weighted by Crippen LogP contribution is -2.19. The first-order chi connectivity index (χ1) is 8.13. The molecule has 92 valence electrons.